The van der Waals surface area contributed by atoms with Gasteiger partial charge in [-0.15, -0.1) is 0 Å². The van der Waals surface area contributed by atoms with Crippen molar-refractivity contribution in [3.8, 4) is 0 Å². The van der Waals surface area contributed by atoms with E-state index in [1.807, 2.05) is 0 Å². The molecule has 72 heavy (non-hydrogen) atoms. The van der Waals surface area contributed by atoms with Gasteiger partial charge in [0.1, 0.15) is 79.2 Å². The molecule has 0 saturated carbocycles. The van der Waals surface area contributed by atoms with E-state index in [2.05, 4.69) is 16.7 Å². The van der Waals surface area contributed by atoms with Crippen LogP contribution in [0.1, 0.15) is 0 Å². The maximum absolute atomic E-state index is 12.7. The summed E-state index contributed by atoms with van der Waals surface area (Å²) in [6.07, 6.45) is -48.5. The summed E-state index contributed by atoms with van der Waals surface area (Å²) >= 11 is 0. The fraction of sp³-hybridized carbons (Fsp3) is 0.920. The number of nitrogens with one attached hydrogen (secondary N) is 2. The first kappa shape index (κ1) is 62.2. The van der Waals surface area contributed by atoms with E-state index in [-0.39, 0.29) is 0 Å². The lowest BCUT2D eigenvalue weighted by atomic mass is 9.94. The van der Waals surface area contributed by atoms with Gasteiger partial charge in [0.2, 0.25) is 0 Å². The van der Waals surface area contributed by atoms with E-state index in [0.717, 1.165) is 7.11 Å². The Morgan fingerprint density at radius 3 is 1.35 bits per heavy atom. The number of hydrogen-bond donors (Lipinski definition) is 15. The number of aliphatic hydroxyl groups is 5. The van der Waals surface area contributed by atoms with E-state index in [1.165, 1.54) is 9.44 Å². The predicted octanol–water partition coefficient (Wildman–Crippen LogP) is -10.8. The van der Waals surface area contributed by atoms with Crippen LogP contribution in [0.15, 0.2) is 0 Å². The van der Waals surface area contributed by atoms with Crippen molar-refractivity contribution in [1.82, 2.24) is 9.44 Å². The fourth-order valence-corrected chi connectivity index (χ4v) is 9.91. The molecule has 0 aromatic carbocycles. The average Bonchev–Trinajstić information content (AvgIpc) is 3.19. The molecule has 0 spiro atoms. The zero-order chi connectivity index (χ0) is 55.0. The van der Waals surface area contributed by atoms with Crippen molar-refractivity contribution in [3.05, 3.63) is 0 Å². The molecule has 15 N–H and O–H groups in total. The van der Waals surface area contributed by atoms with Crippen molar-refractivity contribution in [2.75, 3.05) is 20.3 Å². The third kappa shape index (κ3) is 17.3. The quantitative estimate of drug-likeness (QED) is 0.0423. The van der Waals surface area contributed by atoms with Gasteiger partial charge in [-0.05, 0) is 0 Å². The predicted molar refractivity (Wildman–Crippen MR) is 206 cm³/mol. The van der Waals surface area contributed by atoms with Crippen LogP contribution in [0.2, 0.25) is 0 Å². The first-order chi connectivity index (χ1) is 32.6. The first-order valence-electron chi connectivity index (χ1n) is 18.6. The number of carboxylic acids is 2. The van der Waals surface area contributed by atoms with Gasteiger partial charge in [0.15, 0.2) is 43.5 Å². The minimum absolute atomic E-state index is 0.766. The van der Waals surface area contributed by atoms with Gasteiger partial charge < -0.3 is 73.6 Å². The SMILES string of the molecule is CO[C@H]1C(C(=O)O)O[C@@H](O[C@H]2C(COS(=O)(=O)O)O[C@@H](O[C@H]3C(C(=O)O)O[C@@H](O[C@H]4C(COS(=O)(=O)O)O[C@@H](O)[C@H](NS(=O)(=O)O)[C@H]4OS(=O)(=O)O)[C@H](O)[C@H]3O)[C@H](NS(=O)(=O)O)[C@H]2O)[C@H](OS(=O)(=O)O)[C@H]1O. The normalized spacial score (nSPS) is 38.8. The molecule has 422 valence electrons. The Kier molecular flexibility index (Phi) is 20.3. The highest BCUT2D eigenvalue weighted by molar-refractivity contribution is 7.84. The van der Waals surface area contributed by atoms with Crippen molar-refractivity contribution in [2.24, 2.45) is 0 Å². The number of carbonyl (C=O) groups is 2. The van der Waals surface area contributed by atoms with Crippen LogP contribution < -0.4 is 9.44 Å². The summed E-state index contributed by atoms with van der Waals surface area (Å²) < 4.78 is 259. The summed E-state index contributed by atoms with van der Waals surface area (Å²) in [4.78, 5) is 24.7. The molecule has 0 amide bonds. The van der Waals surface area contributed by atoms with E-state index < -0.39 is 210 Å². The van der Waals surface area contributed by atoms with Crippen molar-refractivity contribution >= 4 is 74.1 Å². The molecule has 0 aromatic rings. The summed E-state index contributed by atoms with van der Waals surface area (Å²) in [5.74, 6) is -4.33. The molecule has 4 heterocycles. The molecule has 47 heteroatoms. The molecule has 4 saturated heterocycles. The van der Waals surface area contributed by atoms with E-state index in [1.54, 1.807) is 0 Å². The molecule has 0 radical (unpaired) electrons. The van der Waals surface area contributed by atoms with Crippen LogP contribution in [-0.2, 0) is 126 Å². The molecule has 4 rings (SSSR count). The maximum Gasteiger partial charge on any atom is 0.397 e. The fourth-order valence-electron chi connectivity index (χ4n) is 7.12. The van der Waals surface area contributed by atoms with Crippen molar-refractivity contribution in [2.45, 2.75) is 123 Å². The molecule has 41 nitrogen and oxygen atoms in total. The summed E-state index contributed by atoms with van der Waals surface area (Å²) in [5, 5.41) is 75.2. The van der Waals surface area contributed by atoms with Gasteiger partial charge >= 0.3 is 74.1 Å². The van der Waals surface area contributed by atoms with E-state index >= 15 is 0 Å². The van der Waals surface area contributed by atoms with Gasteiger partial charge in [-0.1, -0.05) is 0 Å². The molecule has 0 bridgehead atoms. The van der Waals surface area contributed by atoms with Crippen LogP contribution in [0.3, 0.4) is 0 Å². The molecule has 0 aromatic heterocycles. The number of aliphatic hydroxyl groups excluding tert-OH is 5. The van der Waals surface area contributed by atoms with Gasteiger partial charge in [-0.2, -0.15) is 60.0 Å². The van der Waals surface area contributed by atoms with Crippen LogP contribution in [0.5, 0.6) is 0 Å². The van der Waals surface area contributed by atoms with Gasteiger partial charge in [-0.3, -0.25) is 27.3 Å². The highest BCUT2D eigenvalue weighted by atomic mass is 32.3. The van der Waals surface area contributed by atoms with Crippen LogP contribution >= 0.6 is 0 Å². The third-order valence-electron chi connectivity index (χ3n) is 9.83. The number of carboxylic acid groups (broad SMARTS) is 2. The van der Waals surface area contributed by atoms with Gasteiger partial charge in [0, 0.05) is 7.11 Å². The minimum Gasteiger partial charge on any atom is -0.479 e. The Bertz CT molecular complexity index is 2600. The van der Waals surface area contributed by atoms with Crippen molar-refractivity contribution in [3.63, 3.8) is 0 Å². The standard InChI is InChI=1S/C25H42N2O39S6/c1-55-15-11(31)17(66-72(52,53)54)25(64-18(15)20(32)33)60-12-4(2-56-69(43,44)45)59-23(6(8(12)28)26-67(37,38)39)62-16-9(29)10(30)24(63-19(16)21(34)35)61-13-5(3-57-70(46,47)48)58-22(36)7(27-68(40,41)42)14(13)65-71(49,50)51/h4-19,22-31,36H,2-3H2,1H3,(H,32,33)(H,34,35)(H,37,38,39)(H,40,41,42)(H,43,44,45)(H,46,47,48)(H,49,50,51)(H,52,53,54)/t4?,5?,6-,7-,8-,9-,10-,11+,12+,13+,14-,15-,16-,17-,18?,19?,22-,23+,24-,25-/m1/s1. The summed E-state index contributed by atoms with van der Waals surface area (Å²) in [5.41, 5.74) is 0. The molecule has 20 atom stereocenters. The van der Waals surface area contributed by atoms with Gasteiger partial charge in [0.05, 0.1) is 13.2 Å². The molecule has 0 aliphatic carbocycles. The number of hydrogen-bond acceptors (Lipinski definition) is 31. The molecular weight excluding hydrogens is 1140 g/mol. The summed E-state index contributed by atoms with van der Waals surface area (Å²) in [6.45, 7) is -3.32. The van der Waals surface area contributed by atoms with E-state index in [9.17, 15) is 119 Å². The number of ether oxygens (including phenoxy) is 8. The number of rotatable bonds is 23. The number of methoxy groups -OCH3 is 1. The smallest absolute Gasteiger partial charge is 0.397 e. The van der Waals surface area contributed by atoms with Crippen molar-refractivity contribution < 1.29 is 178 Å². The minimum atomic E-state index is -5.92. The second-order valence-electron chi connectivity index (χ2n) is 14.7. The second-order valence-corrected chi connectivity index (χ2v) is 21.4. The molecule has 4 aliphatic rings. The third-order valence-corrected chi connectivity index (χ3v) is 12.8. The Morgan fingerprint density at radius 1 is 0.458 bits per heavy atom. The largest absolute Gasteiger partial charge is 0.479 e. The lowest BCUT2D eigenvalue weighted by Gasteiger charge is -2.49. The Labute approximate surface area is 403 Å². The van der Waals surface area contributed by atoms with Crippen LogP contribution in [0, 0.1) is 0 Å². The Morgan fingerprint density at radius 2 is 0.889 bits per heavy atom. The molecule has 4 unspecified atom stereocenters. The average molecular weight is 1190 g/mol. The highest BCUT2D eigenvalue weighted by Crippen LogP contribution is 2.36. The van der Waals surface area contributed by atoms with Crippen LogP contribution in [0.25, 0.3) is 0 Å². The topological polar surface area (TPSA) is 637 Å². The monoisotopic (exact) mass is 1190 g/mol. The molecular formula is C25H42N2O39S6. The lowest BCUT2D eigenvalue weighted by Crippen LogP contribution is -2.70. The van der Waals surface area contributed by atoms with Crippen LogP contribution in [0.4, 0.5) is 0 Å². The zero-order valence-corrected chi connectivity index (χ0v) is 39.7. The van der Waals surface area contributed by atoms with Gasteiger partial charge in [-0.25, -0.2) is 26.3 Å². The Balaban J connectivity index is 1.77. The van der Waals surface area contributed by atoms with Crippen molar-refractivity contribution in [1.29, 1.82) is 0 Å². The second kappa shape index (κ2) is 23.5. The van der Waals surface area contributed by atoms with E-state index in [0.29, 0.717) is 0 Å². The molecule has 4 aliphatic heterocycles. The Hall–Kier alpha value is -2.36. The highest BCUT2D eigenvalue weighted by Gasteiger charge is 2.59. The van der Waals surface area contributed by atoms with Crippen LogP contribution in [-0.4, -0.2) is 269 Å². The molecule has 4 fully saturated rings. The zero-order valence-electron chi connectivity index (χ0n) is 34.8. The summed E-state index contributed by atoms with van der Waals surface area (Å²) in [7, 11) is -33.4. The van der Waals surface area contributed by atoms with Gasteiger partial charge in [0.25, 0.3) is 0 Å². The first-order valence-corrected chi connectivity index (χ1v) is 27.0. The van der Waals surface area contributed by atoms with E-state index in [4.69, 9.17) is 42.4 Å². The summed E-state index contributed by atoms with van der Waals surface area (Å²) in [6, 6.07) is -5.45. The number of aliphatic carboxylic acids is 2. The maximum atomic E-state index is 12.7. The lowest BCUT2D eigenvalue weighted by molar-refractivity contribution is -0.369.